The van der Waals surface area contributed by atoms with Crippen LogP contribution < -0.4 is 15.0 Å². The third kappa shape index (κ3) is 5.10. The highest BCUT2D eigenvalue weighted by Crippen LogP contribution is 2.35. The fourth-order valence-corrected chi connectivity index (χ4v) is 3.60. The molecule has 8 heteroatoms. The van der Waals surface area contributed by atoms with Crippen molar-refractivity contribution in [3.63, 3.8) is 0 Å². The van der Waals surface area contributed by atoms with Crippen LogP contribution in [-0.2, 0) is 0 Å². The standard InChI is InChI=1S/C23H25BrClN3O3/c1-6-14(4)31-21-15(9-17(25)11-20(21)30-5)12-26-28-22(13(2)3)27-19-8-7-16(24)10-18(19)23(28)29/h7-14H,6H2,1-5H3/t14-/m1/s1. The van der Waals surface area contributed by atoms with Gasteiger partial charge in [0.2, 0.25) is 0 Å². The number of ether oxygens (including phenoxy) is 2. The number of nitrogens with zero attached hydrogens (tertiary/aromatic N) is 3. The van der Waals surface area contributed by atoms with Gasteiger partial charge in [0, 0.05) is 27.0 Å². The first-order valence-corrected chi connectivity index (χ1v) is 11.2. The Morgan fingerprint density at radius 3 is 2.65 bits per heavy atom. The highest BCUT2D eigenvalue weighted by atomic mass is 79.9. The summed E-state index contributed by atoms with van der Waals surface area (Å²) in [7, 11) is 1.56. The molecule has 0 saturated carbocycles. The molecule has 0 unspecified atom stereocenters. The van der Waals surface area contributed by atoms with Gasteiger partial charge in [0.1, 0.15) is 5.82 Å². The number of hydrogen-bond donors (Lipinski definition) is 0. The second kappa shape index (κ2) is 9.83. The minimum absolute atomic E-state index is 0.0115. The fourth-order valence-electron chi connectivity index (χ4n) is 3.02. The van der Waals surface area contributed by atoms with Gasteiger partial charge in [0.25, 0.3) is 5.56 Å². The van der Waals surface area contributed by atoms with Gasteiger partial charge in [-0.25, -0.2) is 4.98 Å². The molecule has 3 aromatic rings. The van der Waals surface area contributed by atoms with Crippen molar-refractivity contribution in [2.45, 2.75) is 46.1 Å². The maximum absolute atomic E-state index is 13.2. The molecule has 1 heterocycles. The zero-order valence-electron chi connectivity index (χ0n) is 18.1. The third-order valence-electron chi connectivity index (χ3n) is 4.82. The quantitative estimate of drug-likeness (QED) is 0.368. The first-order valence-electron chi connectivity index (χ1n) is 10.1. The van der Waals surface area contributed by atoms with E-state index in [0.29, 0.717) is 38.8 Å². The van der Waals surface area contributed by atoms with Crippen molar-refractivity contribution >= 4 is 44.6 Å². The molecule has 1 aromatic heterocycles. The van der Waals surface area contributed by atoms with Crippen LogP contribution in [0.4, 0.5) is 0 Å². The van der Waals surface area contributed by atoms with Crippen LogP contribution in [0.3, 0.4) is 0 Å². The molecule has 0 saturated heterocycles. The van der Waals surface area contributed by atoms with Gasteiger partial charge < -0.3 is 9.47 Å². The smallest absolute Gasteiger partial charge is 0.282 e. The average molecular weight is 507 g/mol. The minimum atomic E-state index is -0.246. The molecule has 0 aliphatic heterocycles. The molecule has 0 N–H and O–H groups in total. The van der Waals surface area contributed by atoms with Gasteiger partial charge in [0.05, 0.1) is 30.3 Å². The van der Waals surface area contributed by atoms with Gasteiger partial charge in [0.15, 0.2) is 11.5 Å². The molecule has 0 bridgehead atoms. The van der Waals surface area contributed by atoms with Gasteiger partial charge in [-0.1, -0.05) is 48.3 Å². The second-order valence-corrected chi connectivity index (χ2v) is 8.86. The van der Waals surface area contributed by atoms with E-state index in [2.05, 4.69) is 26.0 Å². The fraction of sp³-hybridized carbons (Fsp3) is 0.348. The monoisotopic (exact) mass is 505 g/mol. The number of fused-ring (bicyclic) bond motifs is 1. The van der Waals surface area contributed by atoms with Crippen LogP contribution in [0.25, 0.3) is 10.9 Å². The summed E-state index contributed by atoms with van der Waals surface area (Å²) in [6.45, 7) is 7.95. The predicted octanol–water partition coefficient (Wildman–Crippen LogP) is 6.00. The maximum Gasteiger partial charge on any atom is 0.282 e. The normalized spacial score (nSPS) is 12.6. The SMILES string of the molecule is CC[C@@H](C)Oc1c(C=Nn2c(C(C)C)nc3ccc(Br)cc3c2=O)cc(Cl)cc1OC. The lowest BCUT2D eigenvalue weighted by atomic mass is 10.2. The van der Waals surface area contributed by atoms with Crippen LogP contribution in [0.2, 0.25) is 5.02 Å². The van der Waals surface area contributed by atoms with E-state index in [1.165, 1.54) is 4.68 Å². The van der Waals surface area contributed by atoms with E-state index in [1.807, 2.05) is 39.8 Å². The number of benzene rings is 2. The van der Waals surface area contributed by atoms with E-state index in [9.17, 15) is 4.79 Å². The van der Waals surface area contributed by atoms with Crippen LogP contribution in [0, 0.1) is 0 Å². The van der Waals surface area contributed by atoms with E-state index < -0.39 is 0 Å². The van der Waals surface area contributed by atoms with E-state index in [0.717, 1.165) is 10.9 Å². The summed E-state index contributed by atoms with van der Waals surface area (Å²) in [4.78, 5) is 17.9. The number of hydrogen-bond acceptors (Lipinski definition) is 5. The Balaban J connectivity index is 2.19. The van der Waals surface area contributed by atoms with Crippen LogP contribution in [0.1, 0.15) is 51.4 Å². The van der Waals surface area contributed by atoms with Gasteiger partial charge in [-0.15, -0.1) is 0 Å². The molecular weight excluding hydrogens is 482 g/mol. The molecule has 31 heavy (non-hydrogen) atoms. The summed E-state index contributed by atoms with van der Waals surface area (Å²) in [6, 6.07) is 8.86. The van der Waals surface area contributed by atoms with E-state index in [1.54, 1.807) is 31.5 Å². The van der Waals surface area contributed by atoms with Gasteiger partial charge in [-0.05, 0) is 37.6 Å². The van der Waals surface area contributed by atoms with Crippen molar-refractivity contribution in [1.82, 2.24) is 9.66 Å². The Morgan fingerprint density at radius 1 is 1.26 bits per heavy atom. The molecule has 1 atom stereocenters. The zero-order chi connectivity index (χ0) is 22.7. The Hall–Kier alpha value is -2.38. The molecule has 164 valence electrons. The van der Waals surface area contributed by atoms with Gasteiger partial charge >= 0.3 is 0 Å². The minimum Gasteiger partial charge on any atom is -0.493 e. The summed E-state index contributed by atoms with van der Waals surface area (Å²) in [5.41, 5.74) is 0.999. The van der Waals surface area contributed by atoms with Crippen molar-refractivity contribution in [2.75, 3.05) is 7.11 Å². The molecular formula is C23H25BrClN3O3. The molecule has 0 radical (unpaired) electrons. The Bertz CT molecular complexity index is 1190. The van der Waals surface area contributed by atoms with Gasteiger partial charge in [-0.3, -0.25) is 4.79 Å². The number of methoxy groups -OCH3 is 1. The van der Waals surface area contributed by atoms with Crippen LogP contribution in [0.5, 0.6) is 11.5 Å². The van der Waals surface area contributed by atoms with Crippen LogP contribution >= 0.6 is 27.5 Å². The molecule has 0 aliphatic rings. The van der Waals surface area contributed by atoms with Crippen molar-refractivity contribution in [2.24, 2.45) is 5.10 Å². The summed E-state index contributed by atoms with van der Waals surface area (Å²) in [5, 5.41) is 5.46. The van der Waals surface area contributed by atoms with E-state index in [4.69, 9.17) is 21.1 Å². The van der Waals surface area contributed by atoms with Crippen molar-refractivity contribution in [3.8, 4) is 11.5 Å². The molecule has 0 aliphatic carbocycles. The zero-order valence-corrected chi connectivity index (χ0v) is 20.5. The summed E-state index contributed by atoms with van der Waals surface area (Å²) in [6.07, 6.45) is 2.35. The number of aromatic nitrogens is 2. The van der Waals surface area contributed by atoms with Crippen molar-refractivity contribution in [1.29, 1.82) is 0 Å². The van der Waals surface area contributed by atoms with Gasteiger partial charge in [-0.2, -0.15) is 9.78 Å². The molecule has 3 rings (SSSR count). The van der Waals surface area contributed by atoms with Crippen LogP contribution in [0.15, 0.2) is 44.7 Å². The average Bonchev–Trinajstić information content (AvgIpc) is 2.74. The predicted molar refractivity (Wildman–Crippen MR) is 129 cm³/mol. The molecule has 0 fully saturated rings. The van der Waals surface area contributed by atoms with Crippen molar-refractivity contribution in [3.05, 3.63) is 61.6 Å². The topological polar surface area (TPSA) is 65.7 Å². The Morgan fingerprint density at radius 2 is 2.00 bits per heavy atom. The van der Waals surface area contributed by atoms with E-state index in [-0.39, 0.29) is 17.6 Å². The highest BCUT2D eigenvalue weighted by Gasteiger charge is 2.16. The lowest BCUT2D eigenvalue weighted by Crippen LogP contribution is -2.23. The molecule has 2 aromatic carbocycles. The van der Waals surface area contributed by atoms with E-state index >= 15 is 0 Å². The molecule has 6 nitrogen and oxygen atoms in total. The third-order valence-corrected chi connectivity index (χ3v) is 5.54. The highest BCUT2D eigenvalue weighted by molar-refractivity contribution is 9.10. The van der Waals surface area contributed by atoms with Crippen LogP contribution in [-0.4, -0.2) is 29.1 Å². The first kappa shape index (κ1) is 23.3. The second-order valence-electron chi connectivity index (χ2n) is 7.51. The number of halogens is 2. The Labute approximate surface area is 195 Å². The van der Waals surface area contributed by atoms with Crippen molar-refractivity contribution < 1.29 is 9.47 Å². The lowest BCUT2D eigenvalue weighted by molar-refractivity contribution is 0.207. The maximum atomic E-state index is 13.2. The molecule has 0 spiro atoms. The summed E-state index contributed by atoms with van der Waals surface area (Å²) < 4.78 is 13.7. The summed E-state index contributed by atoms with van der Waals surface area (Å²) in [5.74, 6) is 1.59. The molecule has 0 amide bonds. The largest absolute Gasteiger partial charge is 0.493 e. The number of rotatable bonds is 7. The lowest BCUT2D eigenvalue weighted by Gasteiger charge is -2.18. The Kier molecular flexibility index (Phi) is 7.38. The summed E-state index contributed by atoms with van der Waals surface area (Å²) >= 11 is 9.70. The first-order chi connectivity index (χ1) is 14.7.